The fourth-order valence-corrected chi connectivity index (χ4v) is 2.98. The van der Waals surface area contributed by atoms with E-state index in [0.717, 1.165) is 20.3 Å². The molecule has 0 saturated carbocycles. The van der Waals surface area contributed by atoms with Crippen molar-refractivity contribution in [2.45, 2.75) is 6.61 Å². The molecule has 0 saturated heterocycles. The average Bonchev–Trinajstić information content (AvgIpc) is 2.39. The molecule has 0 aliphatic heterocycles. The van der Waals surface area contributed by atoms with Crippen molar-refractivity contribution >= 4 is 49.1 Å². The van der Waals surface area contributed by atoms with Gasteiger partial charge in [-0.1, -0.05) is 27.5 Å². The second-order valence-corrected chi connectivity index (χ2v) is 6.20. The Labute approximate surface area is 139 Å². The summed E-state index contributed by atoms with van der Waals surface area (Å²) in [4.78, 5) is 0. The quantitative estimate of drug-likeness (QED) is 0.704. The number of rotatable bonds is 4. The minimum atomic E-state index is 0.363. The summed E-state index contributed by atoms with van der Waals surface area (Å²) in [5, 5.41) is 0.560. The van der Waals surface area contributed by atoms with Gasteiger partial charge < -0.3 is 15.2 Å². The van der Waals surface area contributed by atoms with Crippen LogP contribution in [-0.4, -0.2) is 7.11 Å². The molecule has 0 radical (unpaired) electrons. The lowest BCUT2D eigenvalue weighted by atomic mass is 10.2. The van der Waals surface area contributed by atoms with Crippen LogP contribution < -0.4 is 15.2 Å². The van der Waals surface area contributed by atoms with E-state index in [0.29, 0.717) is 23.1 Å². The van der Waals surface area contributed by atoms with E-state index in [9.17, 15) is 0 Å². The fraction of sp³-hybridized carbons (Fsp3) is 0.143. The van der Waals surface area contributed by atoms with E-state index >= 15 is 0 Å². The van der Waals surface area contributed by atoms with Crippen LogP contribution in [0.4, 0.5) is 5.69 Å². The van der Waals surface area contributed by atoms with Crippen LogP contribution in [0.2, 0.25) is 5.02 Å². The molecule has 0 aromatic heterocycles. The summed E-state index contributed by atoms with van der Waals surface area (Å²) in [6, 6.07) is 9.10. The highest BCUT2D eigenvalue weighted by Crippen LogP contribution is 2.35. The monoisotopic (exact) mass is 419 g/mol. The average molecular weight is 422 g/mol. The first-order chi connectivity index (χ1) is 9.51. The Morgan fingerprint density at radius 2 is 1.90 bits per heavy atom. The predicted octanol–water partition coefficient (Wildman–Crippen LogP) is 5.03. The molecule has 6 heteroatoms. The molecule has 0 atom stereocenters. The van der Waals surface area contributed by atoms with Gasteiger partial charge in [0.2, 0.25) is 0 Å². The van der Waals surface area contributed by atoms with Crippen LogP contribution in [0.1, 0.15) is 5.56 Å². The zero-order chi connectivity index (χ0) is 14.7. The molecule has 0 aliphatic rings. The molecule has 0 unspecified atom stereocenters. The summed E-state index contributed by atoms with van der Waals surface area (Å²) in [5.41, 5.74) is 7.36. The van der Waals surface area contributed by atoms with Crippen molar-refractivity contribution in [2.24, 2.45) is 0 Å². The Balaban J connectivity index is 2.21. The normalized spacial score (nSPS) is 10.4. The molecule has 0 bridgehead atoms. The summed E-state index contributed by atoms with van der Waals surface area (Å²) < 4.78 is 12.6. The highest BCUT2D eigenvalue weighted by atomic mass is 79.9. The summed E-state index contributed by atoms with van der Waals surface area (Å²) in [6.45, 7) is 0.363. The van der Waals surface area contributed by atoms with Gasteiger partial charge >= 0.3 is 0 Å². The number of methoxy groups -OCH3 is 1. The fourth-order valence-electron chi connectivity index (χ4n) is 1.67. The van der Waals surface area contributed by atoms with Gasteiger partial charge in [-0.05, 0) is 46.3 Å². The zero-order valence-electron chi connectivity index (χ0n) is 10.6. The van der Waals surface area contributed by atoms with Crippen LogP contribution in [0.3, 0.4) is 0 Å². The minimum Gasteiger partial charge on any atom is -0.497 e. The van der Waals surface area contributed by atoms with Gasteiger partial charge in [0.15, 0.2) is 5.75 Å². The molecule has 0 spiro atoms. The van der Waals surface area contributed by atoms with Gasteiger partial charge in [0.1, 0.15) is 12.4 Å². The lowest BCUT2D eigenvalue weighted by molar-refractivity contribution is 0.304. The van der Waals surface area contributed by atoms with Gasteiger partial charge in [-0.2, -0.15) is 0 Å². The molecule has 106 valence electrons. The SMILES string of the molecule is COc1ccc(Br)c(COc2c(N)cc(Cl)cc2Br)c1. The Morgan fingerprint density at radius 1 is 1.15 bits per heavy atom. The maximum Gasteiger partial charge on any atom is 0.156 e. The maximum atomic E-state index is 5.91. The Bertz CT molecular complexity index is 612. The van der Waals surface area contributed by atoms with Crippen molar-refractivity contribution in [1.29, 1.82) is 0 Å². The van der Waals surface area contributed by atoms with Crippen molar-refractivity contribution < 1.29 is 9.47 Å². The Morgan fingerprint density at radius 3 is 2.55 bits per heavy atom. The number of nitrogens with two attached hydrogens (primary N) is 1. The molecule has 0 aliphatic carbocycles. The number of anilines is 1. The summed E-state index contributed by atoms with van der Waals surface area (Å²) in [7, 11) is 1.63. The smallest absolute Gasteiger partial charge is 0.156 e. The first-order valence-corrected chi connectivity index (χ1v) is 7.67. The topological polar surface area (TPSA) is 44.5 Å². The third kappa shape index (κ3) is 3.59. The van der Waals surface area contributed by atoms with Gasteiger partial charge in [0, 0.05) is 15.1 Å². The molecular weight excluding hydrogens is 409 g/mol. The highest BCUT2D eigenvalue weighted by molar-refractivity contribution is 9.10. The summed E-state index contributed by atoms with van der Waals surface area (Å²) in [6.07, 6.45) is 0. The van der Waals surface area contributed by atoms with Crippen LogP contribution in [-0.2, 0) is 6.61 Å². The molecule has 0 heterocycles. The maximum absolute atomic E-state index is 5.91. The van der Waals surface area contributed by atoms with E-state index in [1.54, 1.807) is 19.2 Å². The zero-order valence-corrected chi connectivity index (χ0v) is 14.5. The molecular formula is C14H12Br2ClNO2. The molecule has 2 aromatic carbocycles. The third-order valence-electron chi connectivity index (χ3n) is 2.66. The largest absolute Gasteiger partial charge is 0.497 e. The molecule has 3 nitrogen and oxygen atoms in total. The predicted molar refractivity (Wildman–Crippen MR) is 88.6 cm³/mol. The lowest BCUT2D eigenvalue weighted by Crippen LogP contribution is -2.01. The summed E-state index contributed by atoms with van der Waals surface area (Å²) >= 11 is 12.8. The molecule has 0 fully saturated rings. The number of hydrogen-bond acceptors (Lipinski definition) is 3. The van der Waals surface area contributed by atoms with Crippen molar-refractivity contribution in [3.05, 3.63) is 49.9 Å². The molecule has 2 N–H and O–H groups in total. The second kappa shape index (κ2) is 6.70. The van der Waals surface area contributed by atoms with Crippen LogP contribution in [0.25, 0.3) is 0 Å². The highest BCUT2D eigenvalue weighted by Gasteiger charge is 2.10. The first-order valence-electron chi connectivity index (χ1n) is 5.71. The number of benzene rings is 2. The van der Waals surface area contributed by atoms with Crippen LogP contribution in [0.15, 0.2) is 39.3 Å². The van der Waals surface area contributed by atoms with E-state index in [4.69, 9.17) is 26.8 Å². The van der Waals surface area contributed by atoms with Crippen molar-refractivity contribution in [3.63, 3.8) is 0 Å². The van der Waals surface area contributed by atoms with Crippen molar-refractivity contribution in [3.8, 4) is 11.5 Å². The van der Waals surface area contributed by atoms with Gasteiger partial charge in [-0.3, -0.25) is 0 Å². The summed E-state index contributed by atoms with van der Waals surface area (Å²) in [5.74, 6) is 1.35. The van der Waals surface area contributed by atoms with E-state index in [2.05, 4.69) is 31.9 Å². The number of nitrogen functional groups attached to an aromatic ring is 1. The van der Waals surface area contributed by atoms with Crippen molar-refractivity contribution in [1.82, 2.24) is 0 Å². The van der Waals surface area contributed by atoms with Crippen molar-refractivity contribution in [2.75, 3.05) is 12.8 Å². The van der Waals surface area contributed by atoms with E-state index in [1.807, 2.05) is 18.2 Å². The van der Waals surface area contributed by atoms with E-state index < -0.39 is 0 Å². The van der Waals surface area contributed by atoms with Gasteiger partial charge in [-0.25, -0.2) is 0 Å². The standard InChI is InChI=1S/C14H12Br2ClNO2/c1-19-10-2-3-11(15)8(4-10)7-20-14-12(16)5-9(17)6-13(14)18/h2-6H,7,18H2,1H3. The molecule has 0 amide bonds. The third-order valence-corrected chi connectivity index (χ3v) is 4.24. The van der Waals surface area contributed by atoms with Crippen LogP contribution in [0.5, 0.6) is 11.5 Å². The molecule has 2 aromatic rings. The number of halogens is 3. The van der Waals surface area contributed by atoms with Gasteiger partial charge in [0.05, 0.1) is 17.3 Å². The van der Waals surface area contributed by atoms with Crippen LogP contribution >= 0.6 is 43.5 Å². The number of ether oxygens (including phenoxy) is 2. The second-order valence-electron chi connectivity index (χ2n) is 4.05. The lowest BCUT2D eigenvalue weighted by Gasteiger charge is -2.13. The van der Waals surface area contributed by atoms with E-state index in [1.165, 1.54) is 0 Å². The van der Waals surface area contributed by atoms with Gasteiger partial charge in [-0.15, -0.1) is 0 Å². The molecule has 2 rings (SSSR count). The minimum absolute atomic E-state index is 0.363. The Hall–Kier alpha value is -0.910. The van der Waals surface area contributed by atoms with E-state index in [-0.39, 0.29) is 0 Å². The molecule has 20 heavy (non-hydrogen) atoms. The Kier molecular flexibility index (Phi) is 5.18. The van der Waals surface area contributed by atoms with Gasteiger partial charge in [0.25, 0.3) is 0 Å². The van der Waals surface area contributed by atoms with Crippen LogP contribution in [0, 0.1) is 0 Å². The number of hydrogen-bond donors (Lipinski definition) is 1. The first kappa shape index (κ1) is 15.5.